The van der Waals surface area contributed by atoms with Gasteiger partial charge in [0.15, 0.2) is 0 Å². The van der Waals surface area contributed by atoms with Gasteiger partial charge in [-0.3, -0.25) is 4.79 Å². The Morgan fingerprint density at radius 1 is 0.714 bits per heavy atom. The Morgan fingerprint density at radius 3 is 1.74 bits per heavy atom. The Hall–Kier alpha value is -2.55. The van der Waals surface area contributed by atoms with Crippen LogP contribution in [0.3, 0.4) is 0 Å². The SMILES string of the molecule is CCCCCCCC[C@H](CCCCCCCCC(=O)O)Oc1c2ccccc2cc2ccccc12. The van der Waals surface area contributed by atoms with Crippen LogP contribution in [-0.4, -0.2) is 17.2 Å². The molecule has 3 nitrogen and oxygen atoms in total. The number of aliphatic carboxylic acids is 1. The third kappa shape index (κ3) is 9.20. The van der Waals surface area contributed by atoms with Gasteiger partial charge in [0.05, 0.1) is 6.10 Å². The zero-order valence-corrected chi connectivity index (χ0v) is 21.6. The van der Waals surface area contributed by atoms with E-state index in [-0.39, 0.29) is 6.10 Å². The first kappa shape index (κ1) is 27.0. The predicted octanol–water partition coefficient (Wildman–Crippen LogP) is 9.70. The van der Waals surface area contributed by atoms with Crippen LogP contribution in [-0.2, 0) is 4.79 Å². The second kappa shape index (κ2) is 15.4. The summed E-state index contributed by atoms with van der Waals surface area (Å²) in [6.45, 7) is 2.27. The molecular weight excluding hydrogens is 432 g/mol. The molecule has 3 aromatic rings. The molecule has 3 aromatic carbocycles. The maximum Gasteiger partial charge on any atom is 0.303 e. The van der Waals surface area contributed by atoms with Crippen LogP contribution in [0.5, 0.6) is 5.75 Å². The number of carboxylic acids is 1. The lowest BCUT2D eigenvalue weighted by molar-refractivity contribution is -0.137. The van der Waals surface area contributed by atoms with E-state index in [0.29, 0.717) is 6.42 Å². The van der Waals surface area contributed by atoms with Gasteiger partial charge in [-0.2, -0.15) is 0 Å². The van der Waals surface area contributed by atoms with Crippen LogP contribution < -0.4 is 4.74 Å². The van der Waals surface area contributed by atoms with Gasteiger partial charge in [0.1, 0.15) is 5.75 Å². The van der Waals surface area contributed by atoms with Gasteiger partial charge in [0.2, 0.25) is 0 Å². The molecule has 0 amide bonds. The van der Waals surface area contributed by atoms with Crippen molar-refractivity contribution >= 4 is 27.5 Å². The maximum absolute atomic E-state index is 10.7. The standard InChI is InChI=1S/C32H44O3/c1-2-3-4-5-8-11-20-28(21-12-9-6-7-10-13-24-31(33)34)35-32-29-22-16-14-18-26(29)25-27-19-15-17-23-30(27)32/h14-19,22-23,25,28H,2-13,20-21,24H2,1H3,(H,33,34)/t28-/m1/s1. The quantitative estimate of drug-likeness (QED) is 0.147. The fraction of sp³-hybridized carbons (Fsp3) is 0.531. The normalized spacial score (nSPS) is 12.3. The molecule has 0 bridgehead atoms. The number of rotatable bonds is 18. The molecule has 0 saturated heterocycles. The lowest BCUT2D eigenvalue weighted by Crippen LogP contribution is -2.17. The number of hydrogen-bond donors (Lipinski definition) is 1. The highest BCUT2D eigenvalue weighted by molar-refractivity contribution is 6.05. The minimum atomic E-state index is -0.680. The molecule has 0 aliphatic heterocycles. The number of unbranched alkanes of at least 4 members (excludes halogenated alkanes) is 10. The molecule has 0 aliphatic rings. The Labute approximate surface area is 211 Å². The first-order valence-corrected chi connectivity index (χ1v) is 14.0. The molecule has 3 rings (SSSR count). The van der Waals surface area contributed by atoms with Gasteiger partial charge in [0, 0.05) is 17.2 Å². The van der Waals surface area contributed by atoms with Gasteiger partial charge in [0.25, 0.3) is 0 Å². The van der Waals surface area contributed by atoms with Crippen molar-refractivity contribution in [1.82, 2.24) is 0 Å². The van der Waals surface area contributed by atoms with Crippen LogP contribution in [0.15, 0.2) is 54.6 Å². The van der Waals surface area contributed by atoms with Crippen LogP contribution in [0.1, 0.15) is 103 Å². The van der Waals surface area contributed by atoms with Crippen LogP contribution in [0, 0.1) is 0 Å². The average molecular weight is 477 g/mol. The summed E-state index contributed by atoms with van der Waals surface area (Å²) in [6.07, 6.45) is 17.0. The smallest absolute Gasteiger partial charge is 0.303 e. The molecule has 0 spiro atoms. The van der Waals surface area contributed by atoms with Crippen molar-refractivity contribution in [3.05, 3.63) is 54.6 Å². The Balaban J connectivity index is 1.62. The lowest BCUT2D eigenvalue weighted by Gasteiger charge is -2.22. The zero-order valence-electron chi connectivity index (χ0n) is 21.6. The van der Waals surface area contributed by atoms with E-state index in [2.05, 4.69) is 61.5 Å². The minimum absolute atomic E-state index is 0.238. The first-order chi connectivity index (χ1) is 17.2. The number of hydrogen-bond acceptors (Lipinski definition) is 2. The van der Waals surface area contributed by atoms with Crippen LogP contribution in [0.25, 0.3) is 21.5 Å². The summed E-state index contributed by atoms with van der Waals surface area (Å²) in [6, 6.07) is 19.4. The van der Waals surface area contributed by atoms with Gasteiger partial charge in [-0.1, -0.05) is 113 Å². The predicted molar refractivity (Wildman–Crippen MR) is 148 cm³/mol. The van der Waals surface area contributed by atoms with Gasteiger partial charge in [-0.15, -0.1) is 0 Å². The number of carboxylic acid groups (broad SMARTS) is 1. The summed E-state index contributed by atoms with van der Waals surface area (Å²) in [5.74, 6) is 0.365. The fourth-order valence-corrected chi connectivity index (χ4v) is 5.04. The molecule has 190 valence electrons. The molecule has 1 N–H and O–H groups in total. The van der Waals surface area contributed by atoms with E-state index in [0.717, 1.165) is 37.9 Å². The number of benzene rings is 3. The van der Waals surface area contributed by atoms with Crippen LogP contribution in [0.4, 0.5) is 0 Å². The summed E-state index contributed by atoms with van der Waals surface area (Å²) in [5.41, 5.74) is 0. The molecule has 3 heteroatoms. The maximum atomic E-state index is 10.7. The summed E-state index contributed by atoms with van der Waals surface area (Å²) in [4.78, 5) is 10.7. The van der Waals surface area contributed by atoms with Crippen LogP contribution >= 0.6 is 0 Å². The van der Waals surface area contributed by atoms with Crippen molar-refractivity contribution in [2.75, 3.05) is 0 Å². The topological polar surface area (TPSA) is 46.5 Å². The summed E-state index contributed by atoms with van der Waals surface area (Å²) < 4.78 is 6.87. The van der Waals surface area contributed by atoms with E-state index in [1.165, 1.54) is 79.3 Å². The highest BCUT2D eigenvalue weighted by Gasteiger charge is 2.15. The molecular formula is C32H44O3. The summed E-state index contributed by atoms with van der Waals surface area (Å²) >= 11 is 0. The molecule has 0 radical (unpaired) electrons. The number of fused-ring (bicyclic) bond motifs is 2. The van der Waals surface area contributed by atoms with Gasteiger partial charge in [-0.25, -0.2) is 0 Å². The van der Waals surface area contributed by atoms with Crippen LogP contribution in [0.2, 0.25) is 0 Å². The molecule has 0 unspecified atom stereocenters. The van der Waals surface area contributed by atoms with Crippen molar-refractivity contribution in [3.63, 3.8) is 0 Å². The van der Waals surface area contributed by atoms with E-state index in [9.17, 15) is 4.79 Å². The van der Waals surface area contributed by atoms with Gasteiger partial charge < -0.3 is 9.84 Å². The molecule has 1 atom stereocenters. The fourth-order valence-electron chi connectivity index (χ4n) is 5.04. The Bertz CT molecular complexity index is 972. The van der Waals surface area contributed by atoms with Crippen molar-refractivity contribution in [3.8, 4) is 5.75 Å². The van der Waals surface area contributed by atoms with Gasteiger partial charge >= 0.3 is 5.97 Å². The van der Waals surface area contributed by atoms with Crippen molar-refractivity contribution in [2.45, 2.75) is 109 Å². The van der Waals surface area contributed by atoms with Crippen molar-refractivity contribution in [1.29, 1.82) is 0 Å². The molecule has 35 heavy (non-hydrogen) atoms. The Kier molecular flexibility index (Phi) is 11.9. The largest absolute Gasteiger partial charge is 0.489 e. The Morgan fingerprint density at radius 2 is 1.20 bits per heavy atom. The zero-order chi connectivity index (χ0) is 24.7. The van der Waals surface area contributed by atoms with Crippen molar-refractivity contribution in [2.24, 2.45) is 0 Å². The summed E-state index contributed by atoms with van der Waals surface area (Å²) in [7, 11) is 0. The highest BCUT2D eigenvalue weighted by Crippen LogP contribution is 2.36. The average Bonchev–Trinajstić information content (AvgIpc) is 2.87. The third-order valence-corrected chi connectivity index (χ3v) is 7.05. The van der Waals surface area contributed by atoms with E-state index in [4.69, 9.17) is 9.84 Å². The van der Waals surface area contributed by atoms with E-state index in [1.54, 1.807) is 0 Å². The van der Waals surface area contributed by atoms with E-state index in [1.807, 2.05) is 0 Å². The lowest BCUT2D eigenvalue weighted by atomic mass is 10.00. The molecule has 0 aromatic heterocycles. The molecule has 0 saturated carbocycles. The number of ether oxygens (including phenoxy) is 1. The van der Waals surface area contributed by atoms with E-state index >= 15 is 0 Å². The second-order valence-corrected chi connectivity index (χ2v) is 10.00. The van der Waals surface area contributed by atoms with E-state index < -0.39 is 5.97 Å². The first-order valence-electron chi connectivity index (χ1n) is 14.0. The van der Waals surface area contributed by atoms with Crippen molar-refractivity contribution < 1.29 is 14.6 Å². The molecule has 0 aliphatic carbocycles. The second-order valence-electron chi connectivity index (χ2n) is 10.00. The third-order valence-electron chi connectivity index (χ3n) is 7.05. The summed E-state index contributed by atoms with van der Waals surface area (Å²) in [5, 5.41) is 13.7. The monoisotopic (exact) mass is 476 g/mol. The minimum Gasteiger partial charge on any atom is -0.489 e. The van der Waals surface area contributed by atoms with Gasteiger partial charge in [-0.05, 0) is 48.9 Å². The molecule has 0 heterocycles. The number of carbonyl (C=O) groups is 1. The highest BCUT2D eigenvalue weighted by atomic mass is 16.5. The molecule has 0 fully saturated rings.